The molecule has 0 saturated carbocycles. The number of hydrogen-bond acceptors (Lipinski definition) is 7. The summed E-state index contributed by atoms with van der Waals surface area (Å²) in [4.78, 5) is 20.2. The zero-order valence-corrected chi connectivity index (χ0v) is 11.6. The molecule has 3 rings (SSSR count). The van der Waals surface area contributed by atoms with Crippen LogP contribution in [-0.4, -0.2) is 40.0 Å². The van der Waals surface area contributed by atoms with Crippen LogP contribution in [0.15, 0.2) is 23.2 Å². The number of phenols is 1. The number of aromatic hydroxyl groups is 1. The molecule has 0 bridgehead atoms. The minimum absolute atomic E-state index is 0.219. The molecule has 1 aromatic carbocycles. The molecule has 1 aromatic heterocycles. The second kappa shape index (κ2) is 4.82. The van der Waals surface area contributed by atoms with Crippen molar-refractivity contribution >= 4 is 44.3 Å². The summed E-state index contributed by atoms with van der Waals surface area (Å²) in [7, 11) is 1.36. The van der Waals surface area contributed by atoms with E-state index in [0.29, 0.717) is 5.75 Å². The van der Waals surface area contributed by atoms with Crippen molar-refractivity contribution in [3.8, 4) is 5.75 Å². The number of aromatic nitrogens is 1. The van der Waals surface area contributed by atoms with Crippen LogP contribution in [0, 0.1) is 0 Å². The zero-order valence-electron chi connectivity index (χ0n) is 9.99. The number of esters is 1. The quantitative estimate of drug-likeness (QED) is 0.858. The van der Waals surface area contributed by atoms with E-state index >= 15 is 0 Å². The number of phenolic OH excluding ortho intramolecular Hbond substituents is 1. The van der Waals surface area contributed by atoms with Gasteiger partial charge in [-0.2, -0.15) is 0 Å². The minimum atomic E-state index is -0.439. The number of methoxy groups -OCH3 is 1. The van der Waals surface area contributed by atoms with Crippen LogP contribution in [0.25, 0.3) is 10.2 Å². The van der Waals surface area contributed by atoms with Crippen LogP contribution in [0.4, 0.5) is 0 Å². The van der Waals surface area contributed by atoms with E-state index in [2.05, 4.69) is 14.7 Å². The van der Waals surface area contributed by atoms with Crippen molar-refractivity contribution in [1.29, 1.82) is 0 Å². The molecular weight excluding hydrogens is 284 g/mol. The molecule has 0 amide bonds. The normalized spacial score (nSPS) is 18.6. The number of nitrogens with zero attached hydrogens (tertiary/aromatic N) is 2. The molecule has 0 fully saturated rings. The fourth-order valence-corrected chi connectivity index (χ4v) is 3.84. The number of rotatable bonds is 2. The van der Waals surface area contributed by atoms with Crippen molar-refractivity contribution < 1.29 is 14.6 Å². The number of carbonyl (C=O) groups is 1. The highest BCUT2D eigenvalue weighted by Crippen LogP contribution is 2.31. The SMILES string of the molecule is COC(=O)[C@H]1CSC(c2nc3ccc(O)cc3s2)=N1. The first kappa shape index (κ1) is 12.4. The van der Waals surface area contributed by atoms with E-state index in [1.807, 2.05) is 0 Å². The van der Waals surface area contributed by atoms with Gasteiger partial charge in [-0.05, 0) is 18.2 Å². The molecule has 0 saturated heterocycles. The smallest absolute Gasteiger partial charge is 0.331 e. The maximum Gasteiger partial charge on any atom is 0.331 e. The molecule has 2 aromatic rings. The van der Waals surface area contributed by atoms with Gasteiger partial charge < -0.3 is 9.84 Å². The Bertz CT molecular complexity index is 681. The van der Waals surface area contributed by atoms with Gasteiger partial charge >= 0.3 is 5.97 Å². The third-order valence-corrected chi connectivity index (χ3v) is 4.89. The Balaban J connectivity index is 1.95. The average Bonchev–Trinajstić information content (AvgIpc) is 3.03. The van der Waals surface area contributed by atoms with Gasteiger partial charge in [0.05, 0.1) is 17.3 Å². The highest BCUT2D eigenvalue weighted by molar-refractivity contribution is 8.15. The van der Waals surface area contributed by atoms with Crippen LogP contribution in [0.1, 0.15) is 5.01 Å². The van der Waals surface area contributed by atoms with E-state index in [1.165, 1.54) is 30.2 Å². The Morgan fingerprint density at radius 2 is 2.37 bits per heavy atom. The van der Waals surface area contributed by atoms with E-state index in [-0.39, 0.29) is 11.7 Å². The Kier molecular flexibility index (Phi) is 3.16. The van der Waals surface area contributed by atoms with Crippen molar-refractivity contribution in [3.05, 3.63) is 23.2 Å². The van der Waals surface area contributed by atoms with Crippen LogP contribution in [0.2, 0.25) is 0 Å². The van der Waals surface area contributed by atoms with Crippen molar-refractivity contribution in [2.75, 3.05) is 12.9 Å². The summed E-state index contributed by atoms with van der Waals surface area (Å²) in [6, 6.07) is 4.61. The van der Waals surface area contributed by atoms with E-state index in [0.717, 1.165) is 20.3 Å². The lowest BCUT2D eigenvalue weighted by Gasteiger charge is -2.00. The second-order valence-electron chi connectivity index (χ2n) is 3.96. The maximum absolute atomic E-state index is 11.4. The maximum atomic E-state index is 11.4. The molecule has 0 aliphatic carbocycles. The van der Waals surface area contributed by atoms with Gasteiger partial charge in [0.25, 0.3) is 0 Å². The zero-order chi connectivity index (χ0) is 13.4. The monoisotopic (exact) mass is 294 g/mol. The lowest BCUT2D eigenvalue weighted by molar-refractivity contribution is -0.141. The van der Waals surface area contributed by atoms with Gasteiger partial charge in [0.2, 0.25) is 0 Å². The Morgan fingerprint density at radius 1 is 1.53 bits per heavy atom. The topological polar surface area (TPSA) is 71.8 Å². The van der Waals surface area contributed by atoms with Crippen LogP contribution in [0.3, 0.4) is 0 Å². The largest absolute Gasteiger partial charge is 0.508 e. The molecule has 19 heavy (non-hydrogen) atoms. The van der Waals surface area contributed by atoms with Gasteiger partial charge in [-0.25, -0.2) is 9.78 Å². The van der Waals surface area contributed by atoms with E-state index < -0.39 is 6.04 Å². The molecule has 7 heteroatoms. The summed E-state index contributed by atoms with van der Waals surface area (Å²) in [5.74, 6) is 0.487. The molecule has 1 atom stereocenters. The number of fused-ring (bicyclic) bond motifs is 1. The van der Waals surface area contributed by atoms with Crippen LogP contribution in [-0.2, 0) is 9.53 Å². The molecule has 0 spiro atoms. The van der Waals surface area contributed by atoms with Crippen LogP contribution < -0.4 is 0 Å². The third kappa shape index (κ3) is 2.31. The molecule has 0 radical (unpaired) electrons. The highest BCUT2D eigenvalue weighted by atomic mass is 32.2. The summed E-state index contributed by atoms with van der Waals surface area (Å²) < 4.78 is 5.59. The van der Waals surface area contributed by atoms with Crippen molar-refractivity contribution in [1.82, 2.24) is 4.98 Å². The molecule has 1 N–H and O–H groups in total. The summed E-state index contributed by atoms with van der Waals surface area (Å²) in [6.07, 6.45) is 0. The predicted molar refractivity (Wildman–Crippen MR) is 76.1 cm³/mol. The first-order valence-electron chi connectivity index (χ1n) is 5.56. The molecule has 98 valence electrons. The molecule has 1 aliphatic heterocycles. The Hall–Kier alpha value is -1.60. The first-order valence-corrected chi connectivity index (χ1v) is 7.36. The average molecular weight is 294 g/mol. The molecule has 5 nitrogen and oxygen atoms in total. The summed E-state index contributed by atoms with van der Waals surface area (Å²) in [6.45, 7) is 0. The highest BCUT2D eigenvalue weighted by Gasteiger charge is 2.27. The van der Waals surface area contributed by atoms with Crippen molar-refractivity contribution in [3.63, 3.8) is 0 Å². The predicted octanol–water partition coefficient (Wildman–Crippen LogP) is 2.04. The second-order valence-corrected chi connectivity index (χ2v) is 5.99. The van der Waals surface area contributed by atoms with Gasteiger partial charge in [-0.3, -0.25) is 4.99 Å². The van der Waals surface area contributed by atoms with E-state index in [1.54, 1.807) is 18.2 Å². The number of aliphatic imine (C=N–C) groups is 1. The number of thiazole rings is 1. The van der Waals surface area contributed by atoms with Gasteiger partial charge in [0.15, 0.2) is 6.04 Å². The lowest BCUT2D eigenvalue weighted by Crippen LogP contribution is -2.19. The molecular formula is C12H10N2O3S2. The van der Waals surface area contributed by atoms with Gasteiger partial charge in [0.1, 0.15) is 15.8 Å². The standard InChI is InChI=1S/C12H10N2O3S2/c1-17-12(16)8-5-18-10(14-8)11-13-7-3-2-6(15)4-9(7)19-11/h2-4,8,15H,5H2,1H3/t8-/m1/s1. The molecule has 1 aliphatic rings. The number of carbonyl (C=O) groups excluding carboxylic acids is 1. The van der Waals surface area contributed by atoms with Gasteiger partial charge in [0, 0.05) is 5.75 Å². The fraction of sp³-hybridized carbons (Fsp3) is 0.250. The molecule has 2 heterocycles. The molecule has 0 unspecified atom stereocenters. The van der Waals surface area contributed by atoms with Gasteiger partial charge in [-0.15, -0.1) is 23.1 Å². The number of hydrogen-bond donors (Lipinski definition) is 1. The fourth-order valence-electron chi connectivity index (χ4n) is 1.75. The first-order chi connectivity index (χ1) is 9.17. The third-order valence-electron chi connectivity index (χ3n) is 2.68. The van der Waals surface area contributed by atoms with Crippen LogP contribution >= 0.6 is 23.1 Å². The Labute approximate surface area is 117 Å². The number of benzene rings is 1. The van der Waals surface area contributed by atoms with E-state index in [4.69, 9.17) is 0 Å². The summed E-state index contributed by atoms with van der Waals surface area (Å²) in [5.41, 5.74) is 0.822. The van der Waals surface area contributed by atoms with Crippen molar-refractivity contribution in [2.24, 2.45) is 4.99 Å². The number of thioether (sulfide) groups is 1. The summed E-state index contributed by atoms with van der Waals surface area (Å²) in [5, 5.41) is 11.0. The van der Waals surface area contributed by atoms with E-state index in [9.17, 15) is 9.90 Å². The number of ether oxygens (including phenoxy) is 1. The van der Waals surface area contributed by atoms with Crippen molar-refractivity contribution in [2.45, 2.75) is 6.04 Å². The summed E-state index contributed by atoms with van der Waals surface area (Å²) >= 11 is 2.96. The minimum Gasteiger partial charge on any atom is -0.508 e. The van der Waals surface area contributed by atoms with Gasteiger partial charge in [-0.1, -0.05) is 0 Å². The van der Waals surface area contributed by atoms with Crippen LogP contribution in [0.5, 0.6) is 5.75 Å². The Morgan fingerprint density at radius 3 is 3.16 bits per heavy atom. The lowest BCUT2D eigenvalue weighted by atomic mass is 10.3.